The molecule has 0 unspecified atom stereocenters. The first kappa shape index (κ1) is 10.0. The summed E-state index contributed by atoms with van der Waals surface area (Å²) in [6.07, 6.45) is 0. The molecule has 1 aliphatic rings. The van der Waals surface area contributed by atoms with E-state index in [0.717, 1.165) is 0 Å². The Bertz CT molecular complexity index is 207. The largest absolute Gasteiger partial charge is 0.370 e. The standard InChI is InChI=1S/C5H11N5.ClH/c1-5(2)9-3(6)8-4(7)10-5;/h1-2H3,(H5,6,7,8,9,10);1H. The Labute approximate surface area is 71.4 Å². The van der Waals surface area contributed by atoms with Crippen LogP contribution in [0.2, 0.25) is 0 Å². The van der Waals surface area contributed by atoms with Crippen LogP contribution in [-0.2, 0) is 0 Å². The zero-order chi connectivity index (χ0) is 7.78. The first-order valence-corrected chi connectivity index (χ1v) is 2.97. The van der Waals surface area contributed by atoms with Crippen LogP contribution >= 0.6 is 12.4 Å². The molecule has 1 heterocycles. The molecule has 1 rings (SSSR count). The van der Waals surface area contributed by atoms with Gasteiger partial charge in [-0.3, -0.25) is 0 Å². The highest BCUT2D eigenvalue weighted by atomic mass is 35.5. The SMILES string of the molecule is CC1(C)N=C(N)N=C(N)N1.Cl. The highest BCUT2D eigenvalue weighted by Gasteiger charge is 2.20. The molecule has 0 amide bonds. The van der Waals surface area contributed by atoms with E-state index in [-0.39, 0.29) is 18.4 Å². The third-order valence-electron chi connectivity index (χ3n) is 1.06. The summed E-state index contributed by atoms with van der Waals surface area (Å²) in [5.74, 6) is 0.541. The predicted octanol–water partition coefficient (Wildman–Crippen LogP) is -0.623. The van der Waals surface area contributed by atoms with Gasteiger partial charge in [0.25, 0.3) is 0 Å². The fourth-order valence-electron chi connectivity index (χ4n) is 0.804. The molecule has 0 radical (unpaired) electrons. The molecule has 1 aliphatic heterocycles. The summed E-state index contributed by atoms with van der Waals surface area (Å²) in [6.45, 7) is 3.72. The Kier molecular flexibility index (Phi) is 2.70. The molecule has 0 saturated carbocycles. The van der Waals surface area contributed by atoms with Crippen LogP contribution in [-0.4, -0.2) is 17.6 Å². The zero-order valence-electron chi connectivity index (χ0n) is 6.46. The van der Waals surface area contributed by atoms with Crippen molar-refractivity contribution in [3.63, 3.8) is 0 Å². The van der Waals surface area contributed by atoms with Crippen molar-refractivity contribution in [1.29, 1.82) is 0 Å². The molecule has 0 aromatic rings. The molecule has 0 atom stereocenters. The van der Waals surface area contributed by atoms with Gasteiger partial charge in [-0.15, -0.1) is 12.4 Å². The zero-order valence-corrected chi connectivity index (χ0v) is 7.27. The maximum absolute atomic E-state index is 5.38. The van der Waals surface area contributed by atoms with Crippen molar-refractivity contribution < 1.29 is 0 Å². The van der Waals surface area contributed by atoms with Crippen molar-refractivity contribution in [2.24, 2.45) is 21.5 Å². The average Bonchev–Trinajstić information content (AvgIpc) is 1.54. The van der Waals surface area contributed by atoms with Gasteiger partial charge in [-0.2, -0.15) is 4.99 Å². The monoisotopic (exact) mass is 177 g/mol. The summed E-state index contributed by atoms with van der Waals surface area (Å²) in [5.41, 5.74) is 10.3. The van der Waals surface area contributed by atoms with Gasteiger partial charge < -0.3 is 16.8 Å². The lowest BCUT2D eigenvalue weighted by Gasteiger charge is -2.25. The molecule has 0 aromatic heterocycles. The minimum absolute atomic E-state index is 0. The summed E-state index contributed by atoms with van der Waals surface area (Å²) in [5, 5.41) is 2.85. The van der Waals surface area contributed by atoms with Crippen LogP contribution in [0.15, 0.2) is 9.98 Å². The minimum Gasteiger partial charge on any atom is -0.370 e. The molecular weight excluding hydrogens is 166 g/mol. The third kappa shape index (κ3) is 2.63. The normalized spacial score (nSPS) is 20.5. The van der Waals surface area contributed by atoms with Crippen molar-refractivity contribution in [1.82, 2.24) is 5.32 Å². The van der Waals surface area contributed by atoms with Crippen molar-refractivity contribution in [2.75, 3.05) is 0 Å². The van der Waals surface area contributed by atoms with Crippen molar-refractivity contribution in [3.8, 4) is 0 Å². The summed E-state index contributed by atoms with van der Waals surface area (Å²) >= 11 is 0. The number of nitrogens with two attached hydrogens (primary N) is 2. The number of hydrogen-bond donors (Lipinski definition) is 3. The van der Waals surface area contributed by atoms with Crippen LogP contribution in [0.3, 0.4) is 0 Å². The van der Waals surface area contributed by atoms with E-state index in [1.165, 1.54) is 0 Å². The second kappa shape index (κ2) is 2.96. The van der Waals surface area contributed by atoms with E-state index in [9.17, 15) is 0 Å². The van der Waals surface area contributed by atoms with Gasteiger partial charge >= 0.3 is 0 Å². The van der Waals surface area contributed by atoms with Gasteiger partial charge in [0.15, 0.2) is 5.96 Å². The molecular formula is C5H12ClN5. The number of rotatable bonds is 0. The fourth-order valence-corrected chi connectivity index (χ4v) is 0.804. The Morgan fingerprint density at radius 3 is 2.27 bits per heavy atom. The molecule has 0 spiro atoms. The highest BCUT2D eigenvalue weighted by Crippen LogP contribution is 2.05. The molecule has 11 heavy (non-hydrogen) atoms. The van der Waals surface area contributed by atoms with Crippen molar-refractivity contribution in [2.45, 2.75) is 19.5 Å². The molecule has 0 saturated heterocycles. The topological polar surface area (TPSA) is 88.8 Å². The minimum atomic E-state index is -0.421. The second-order valence-electron chi connectivity index (χ2n) is 2.65. The molecule has 64 valence electrons. The van der Waals surface area contributed by atoms with E-state index in [0.29, 0.717) is 5.96 Å². The molecule has 0 aliphatic carbocycles. The average molecular weight is 178 g/mol. The Hall–Kier alpha value is -0.970. The summed E-state index contributed by atoms with van der Waals surface area (Å²) in [7, 11) is 0. The van der Waals surface area contributed by atoms with Crippen LogP contribution < -0.4 is 16.8 Å². The summed E-state index contributed by atoms with van der Waals surface area (Å²) in [6, 6.07) is 0. The van der Waals surface area contributed by atoms with E-state index in [2.05, 4.69) is 15.3 Å². The van der Waals surface area contributed by atoms with Crippen LogP contribution in [0.5, 0.6) is 0 Å². The Morgan fingerprint density at radius 1 is 1.36 bits per heavy atom. The lowest BCUT2D eigenvalue weighted by Crippen LogP contribution is -2.50. The quantitative estimate of drug-likeness (QED) is 0.461. The summed E-state index contributed by atoms with van der Waals surface area (Å²) < 4.78 is 0. The molecule has 6 heteroatoms. The van der Waals surface area contributed by atoms with Crippen LogP contribution in [0, 0.1) is 0 Å². The maximum Gasteiger partial charge on any atom is 0.220 e. The predicted molar refractivity (Wildman–Crippen MR) is 47.7 cm³/mol. The first-order valence-electron chi connectivity index (χ1n) is 2.97. The number of aliphatic imine (C=N–C) groups is 2. The van der Waals surface area contributed by atoms with E-state index in [1.54, 1.807) is 0 Å². The van der Waals surface area contributed by atoms with Gasteiger partial charge in [0, 0.05) is 0 Å². The van der Waals surface area contributed by atoms with Crippen molar-refractivity contribution in [3.05, 3.63) is 0 Å². The van der Waals surface area contributed by atoms with Gasteiger partial charge in [0.05, 0.1) is 0 Å². The number of halogens is 1. The van der Waals surface area contributed by atoms with Gasteiger partial charge in [-0.25, -0.2) is 4.99 Å². The third-order valence-corrected chi connectivity index (χ3v) is 1.06. The molecule has 0 aromatic carbocycles. The van der Waals surface area contributed by atoms with Gasteiger partial charge in [-0.05, 0) is 13.8 Å². The molecule has 0 bridgehead atoms. The molecule has 0 fully saturated rings. The van der Waals surface area contributed by atoms with E-state index in [1.807, 2.05) is 13.8 Å². The number of hydrogen-bond acceptors (Lipinski definition) is 5. The number of guanidine groups is 2. The van der Waals surface area contributed by atoms with Gasteiger partial charge in [-0.1, -0.05) is 0 Å². The maximum atomic E-state index is 5.38. The highest BCUT2D eigenvalue weighted by molar-refractivity contribution is 5.95. The molecule has 5 N–H and O–H groups in total. The lowest BCUT2D eigenvalue weighted by molar-refractivity contribution is 0.477. The second-order valence-corrected chi connectivity index (χ2v) is 2.65. The Morgan fingerprint density at radius 2 is 1.91 bits per heavy atom. The van der Waals surface area contributed by atoms with Crippen LogP contribution in [0.1, 0.15) is 13.8 Å². The van der Waals surface area contributed by atoms with E-state index < -0.39 is 5.66 Å². The van der Waals surface area contributed by atoms with Gasteiger partial charge in [0.1, 0.15) is 5.66 Å². The Balaban J connectivity index is 0.000001000. The molecule has 5 nitrogen and oxygen atoms in total. The lowest BCUT2D eigenvalue weighted by atomic mass is 10.2. The van der Waals surface area contributed by atoms with Crippen molar-refractivity contribution >= 4 is 24.3 Å². The fraction of sp³-hybridized carbons (Fsp3) is 0.600. The first-order chi connectivity index (χ1) is 4.49. The number of nitrogens with one attached hydrogen (secondary N) is 1. The van der Waals surface area contributed by atoms with E-state index in [4.69, 9.17) is 11.5 Å². The van der Waals surface area contributed by atoms with Gasteiger partial charge in [0.2, 0.25) is 5.96 Å². The number of nitrogens with zero attached hydrogens (tertiary/aromatic N) is 2. The smallest absolute Gasteiger partial charge is 0.220 e. The summed E-state index contributed by atoms with van der Waals surface area (Å²) in [4.78, 5) is 7.67. The van der Waals surface area contributed by atoms with Crippen LogP contribution in [0.4, 0.5) is 0 Å². The van der Waals surface area contributed by atoms with E-state index >= 15 is 0 Å². The van der Waals surface area contributed by atoms with Crippen LogP contribution in [0.25, 0.3) is 0 Å².